The second kappa shape index (κ2) is 7.25. The Labute approximate surface area is 132 Å². The maximum absolute atomic E-state index is 13.7. The van der Waals surface area contributed by atoms with E-state index >= 15 is 0 Å². The van der Waals surface area contributed by atoms with Gasteiger partial charge < -0.3 is 5.32 Å². The standard InChI is InChI=1S/C16H16ClF2NS/c1-3-20-10(2)11-4-6-15(13(17)8-11)21-16-7-5-12(18)9-14(16)19/h4-10,20H,3H2,1-2H3. The van der Waals surface area contributed by atoms with Crippen molar-refractivity contribution in [2.75, 3.05) is 6.54 Å². The highest BCUT2D eigenvalue weighted by Gasteiger charge is 2.11. The minimum atomic E-state index is -0.585. The van der Waals surface area contributed by atoms with E-state index in [1.807, 2.05) is 25.1 Å². The predicted octanol–water partition coefficient (Wildman–Crippen LogP) is 5.44. The van der Waals surface area contributed by atoms with Crippen LogP contribution in [0.15, 0.2) is 46.2 Å². The molecule has 0 aliphatic rings. The zero-order chi connectivity index (χ0) is 15.4. The van der Waals surface area contributed by atoms with E-state index in [2.05, 4.69) is 12.2 Å². The molecule has 21 heavy (non-hydrogen) atoms. The first-order valence-corrected chi connectivity index (χ1v) is 7.86. The molecule has 0 amide bonds. The second-order valence-corrected chi connectivity index (χ2v) is 6.14. The van der Waals surface area contributed by atoms with Crippen LogP contribution in [0, 0.1) is 11.6 Å². The molecule has 5 heteroatoms. The highest BCUT2D eigenvalue weighted by molar-refractivity contribution is 7.99. The fourth-order valence-corrected chi connectivity index (χ4v) is 3.10. The van der Waals surface area contributed by atoms with Crippen molar-refractivity contribution in [3.8, 4) is 0 Å². The Bertz CT molecular complexity index is 634. The van der Waals surface area contributed by atoms with Crippen molar-refractivity contribution in [2.24, 2.45) is 0 Å². The van der Waals surface area contributed by atoms with Crippen molar-refractivity contribution in [1.29, 1.82) is 0 Å². The van der Waals surface area contributed by atoms with E-state index in [0.717, 1.165) is 23.1 Å². The van der Waals surface area contributed by atoms with Crippen LogP contribution in [0.2, 0.25) is 5.02 Å². The minimum absolute atomic E-state index is 0.203. The van der Waals surface area contributed by atoms with Crippen LogP contribution in [0.4, 0.5) is 8.78 Å². The summed E-state index contributed by atoms with van der Waals surface area (Å²) in [5, 5.41) is 3.87. The molecular formula is C16H16ClF2NS. The normalized spacial score (nSPS) is 12.4. The van der Waals surface area contributed by atoms with E-state index in [0.29, 0.717) is 9.92 Å². The van der Waals surface area contributed by atoms with Crippen LogP contribution in [-0.2, 0) is 0 Å². The number of nitrogens with one attached hydrogen (secondary N) is 1. The topological polar surface area (TPSA) is 12.0 Å². The third kappa shape index (κ3) is 4.19. The van der Waals surface area contributed by atoms with E-state index < -0.39 is 11.6 Å². The third-order valence-corrected chi connectivity index (χ3v) is 4.63. The van der Waals surface area contributed by atoms with Crippen LogP contribution in [0.1, 0.15) is 25.5 Å². The van der Waals surface area contributed by atoms with Crippen molar-refractivity contribution in [1.82, 2.24) is 5.32 Å². The summed E-state index contributed by atoms with van der Waals surface area (Å²) in [5.74, 6) is -1.17. The molecule has 2 aromatic carbocycles. The van der Waals surface area contributed by atoms with Gasteiger partial charge in [0.25, 0.3) is 0 Å². The first-order chi connectivity index (χ1) is 10.0. The maximum Gasteiger partial charge on any atom is 0.140 e. The first-order valence-electron chi connectivity index (χ1n) is 6.67. The Morgan fingerprint density at radius 2 is 1.86 bits per heavy atom. The van der Waals surface area contributed by atoms with Crippen LogP contribution in [0.25, 0.3) is 0 Å². The molecule has 0 aliphatic heterocycles. The minimum Gasteiger partial charge on any atom is -0.310 e. The van der Waals surface area contributed by atoms with Crippen molar-refractivity contribution in [3.63, 3.8) is 0 Å². The molecule has 2 aromatic rings. The first kappa shape index (κ1) is 16.3. The fraction of sp³-hybridized carbons (Fsp3) is 0.250. The lowest BCUT2D eigenvalue weighted by Crippen LogP contribution is -2.17. The average Bonchev–Trinajstić information content (AvgIpc) is 2.44. The molecule has 1 unspecified atom stereocenters. The van der Waals surface area contributed by atoms with Crippen LogP contribution in [0.5, 0.6) is 0 Å². The smallest absolute Gasteiger partial charge is 0.140 e. The van der Waals surface area contributed by atoms with E-state index in [1.54, 1.807) is 0 Å². The van der Waals surface area contributed by atoms with Gasteiger partial charge in [-0.05, 0) is 43.3 Å². The second-order valence-electron chi connectivity index (χ2n) is 4.65. The molecule has 1 nitrogen and oxygen atoms in total. The van der Waals surface area contributed by atoms with Gasteiger partial charge in [0.05, 0.1) is 5.02 Å². The SMILES string of the molecule is CCNC(C)c1ccc(Sc2ccc(F)cc2F)c(Cl)c1. The Balaban J connectivity index is 2.21. The molecule has 0 spiro atoms. The summed E-state index contributed by atoms with van der Waals surface area (Å²) in [6.45, 7) is 4.97. The summed E-state index contributed by atoms with van der Waals surface area (Å²) in [6, 6.07) is 9.43. The van der Waals surface area contributed by atoms with Crippen molar-refractivity contribution >= 4 is 23.4 Å². The highest BCUT2D eigenvalue weighted by atomic mass is 35.5. The van der Waals surface area contributed by atoms with Crippen LogP contribution < -0.4 is 5.32 Å². The van der Waals surface area contributed by atoms with Gasteiger partial charge in [-0.2, -0.15) is 0 Å². The maximum atomic E-state index is 13.7. The Hall–Kier alpha value is -1.10. The molecule has 0 saturated heterocycles. The Morgan fingerprint density at radius 3 is 2.48 bits per heavy atom. The van der Waals surface area contributed by atoms with Gasteiger partial charge in [-0.3, -0.25) is 0 Å². The molecule has 112 valence electrons. The molecule has 0 bridgehead atoms. The van der Waals surface area contributed by atoms with Gasteiger partial charge in [0.1, 0.15) is 11.6 Å². The number of hydrogen-bond donors (Lipinski definition) is 1. The van der Waals surface area contributed by atoms with Crippen LogP contribution >= 0.6 is 23.4 Å². The summed E-state index contributed by atoms with van der Waals surface area (Å²) >= 11 is 7.45. The molecule has 0 aromatic heterocycles. The molecule has 1 N–H and O–H groups in total. The number of rotatable bonds is 5. The Kier molecular flexibility index (Phi) is 5.62. The number of halogens is 3. The van der Waals surface area contributed by atoms with Gasteiger partial charge in [0.15, 0.2) is 0 Å². The highest BCUT2D eigenvalue weighted by Crippen LogP contribution is 2.36. The lowest BCUT2D eigenvalue weighted by atomic mass is 10.1. The van der Waals surface area contributed by atoms with E-state index in [-0.39, 0.29) is 6.04 Å². The zero-order valence-corrected chi connectivity index (χ0v) is 13.4. The van der Waals surface area contributed by atoms with E-state index in [4.69, 9.17) is 11.6 Å². The summed E-state index contributed by atoms with van der Waals surface area (Å²) in [4.78, 5) is 1.10. The largest absolute Gasteiger partial charge is 0.310 e. The molecule has 0 fully saturated rings. The van der Waals surface area contributed by atoms with Gasteiger partial charge >= 0.3 is 0 Å². The predicted molar refractivity (Wildman–Crippen MR) is 84.0 cm³/mol. The van der Waals surface area contributed by atoms with E-state index in [1.165, 1.54) is 23.9 Å². The summed E-state index contributed by atoms with van der Waals surface area (Å²) in [6.07, 6.45) is 0. The van der Waals surface area contributed by atoms with Gasteiger partial charge in [0.2, 0.25) is 0 Å². The van der Waals surface area contributed by atoms with Gasteiger partial charge in [0, 0.05) is 21.9 Å². The quantitative estimate of drug-likeness (QED) is 0.784. The molecule has 0 radical (unpaired) electrons. The molecule has 1 atom stereocenters. The summed E-state index contributed by atoms with van der Waals surface area (Å²) in [5.41, 5.74) is 1.07. The molecule has 0 saturated carbocycles. The molecule has 2 rings (SSSR count). The van der Waals surface area contributed by atoms with Crippen molar-refractivity contribution < 1.29 is 8.78 Å². The van der Waals surface area contributed by atoms with Crippen LogP contribution in [0.3, 0.4) is 0 Å². The number of hydrogen-bond acceptors (Lipinski definition) is 2. The lowest BCUT2D eigenvalue weighted by molar-refractivity contribution is 0.565. The van der Waals surface area contributed by atoms with Crippen LogP contribution in [-0.4, -0.2) is 6.54 Å². The number of benzene rings is 2. The van der Waals surface area contributed by atoms with Crippen molar-refractivity contribution in [2.45, 2.75) is 29.7 Å². The summed E-state index contributed by atoms with van der Waals surface area (Å²) < 4.78 is 26.6. The van der Waals surface area contributed by atoms with Crippen molar-refractivity contribution in [3.05, 3.63) is 58.6 Å². The zero-order valence-electron chi connectivity index (χ0n) is 11.8. The fourth-order valence-electron chi connectivity index (χ4n) is 1.97. The average molecular weight is 328 g/mol. The lowest BCUT2D eigenvalue weighted by Gasteiger charge is -2.14. The Morgan fingerprint density at radius 1 is 1.14 bits per heavy atom. The third-order valence-electron chi connectivity index (χ3n) is 3.08. The molecular weight excluding hydrogens is 312 g/mol. The van der Waals surface area contributed by atoms with Gasteiger partial charge in [-0.25, -0.2) is 8.78 Å². The van der Waals surface area contributed by atoms with E-state index in [9.17, 15) is 8.78 Å². The monoisotopic (exact) mass is 327 g/mol. The molecule has 0 aliphatic carbocycles. The van der Waals surface area contributed by atoms with Gasteiger partial charge in [-0.1, -0.05) is 36.4 Å². The molecule has 0 heterocycles. The van der Waals surface area contributed by atoms with Gasteiger partial charge in [-0.15, -0.1) is 0 Å². The summed E-state index contributed by atoms with van der Waals surface area (Å²) in [7, 11) is 0.